The van der Waals surface area contributed by atoms with Crippen molar-refractivity contribution in [1.82, 2.24) is 4.98 Å². The number of aromatic nitrogens is 1. The van der Waals surface area contributed by atoms with Crippen LogP contribution in [-0.4, -0.2) is 22.1 Å². The Hall–Kier alpha value is -1.58. The predicted molar refractivity (Wildman–Crippen MR) is 49.7 cm³/mol. The number of rotatable bonds is 3. The molecule has 1 rings (SSSR count). The summed E-state index contributed by atoms with van der Waals surface area (Å²) in [5.41, 5.74) is 0.864. The number of carboxylic acids is 1. The van der Waals surface area contributed by atoms with E-state index in [4.69, 9.17) is 5.11 Å². The molecule has 1 unspecified atom stereocenters. The molecule has 0 radical (unpaired) electrons. The summed E-state index contributed by atoms with van der Waals surface area (Å²) >= 11 is 0. The van der Waals surface area contributed by atoms with Gasteiger partial charge in [-0.1, -0.05) is 6.07 Å². The van der Waals surface area contributed by atoms with Gasteiger partial charge >= 0.3 is 5.97 Å². The Morgan fingerprint density at radius 2 is 2.31 bits per heavy atom. The van der Waals surface area contributed by atoms with E-state index in [9.17, 15) is 4.79 Å². The van der Waals surface area contributed by atoms with Crippen LogP contribution in [0.2, 0.25) is 0 Å². The quantitative estimate of drug-likeness (QED) is 0.735. The minimum Gasteiger partial charge on any atom is -0.480 e. The minimum absolute atomic E-state index is 0.593. The molecule has 0 aliphatic carbocycles. The zero-order valence-corrected chi connectivity index (χ0v) is 7.61. The molecule has 0 saturated heterocycles. The van der Waals surface area contributed by atoms with Crippen LogP contribution >= 0.6 is 0 Å². The molecule has 4 heteroatoms. The summed E-state index contributed by atoms with van der Waals surface area (Å²) in [5, 5.41) is 11.4. The number of carboxylic acid groups (broad SMARTS) is 1. The third-order valence-electron chi connectivity index (χ3n) is 1.62. The van der Waals surface area contributed by atoms with E-state index in [1.165, 1.54) is 0 Å². The highest BCUT2D eigenvalue weighted by Crippen LogP contribution is 2.05. The van der Waals surface area contributed by atoms with Crippen LogP contribution in [0.1, 0.15) is 12.6 Å². The number of hydrogen-bond acceptors (Lipinski definition) is 3. The van der Waals surface area contributed by atoms with E-state index in [0.29, 0.717) is 5.82 Å². The van der Waals surface area contributed by atoms with Gasteiger partial charge in [-0.3, -0.25) is 4.79 Å². The molecule has 0 fully saturated rings. The van der Waals surface area contributed by atoms with E-state index < -0.39 is 12.0 Å². The smallest absolute Gasteiger partial charge is 0.325 e. The fraction of sp³-hybridized carbons (Fsp3) is 0.333. The summed E-state index contributed by atoms with van der Waals surface area (Å²) < 4.78 is 0. The van der Waals surface area contributed by atoms with Crippen molar-refractivity contribution in [2.45, 2.75) is 19.9 Å². The first-order valence-electron chi connectivity index (χ1n) is 4.02. The van der Waals surface area contributed by atoms with Gasteiger partial charge in [-0.2, -0.15) is 0 Å². The number of pyridine rings is 1. The molecule has 70 valence electrons. The molecule has 0 spiro atoms. The van der Waals surface area contributed by atoms with Gasteiger partial charge in [0.2, 0.25) is 0 Å². The SMILES string of the molecule is Cc1cccc(NC(C)C(=O)O)n1. The van der Waals surface area contributed by atoms with Crippen molar-refractivity contribution in [2.24, 2.45) is 0 Å². The van der Waals surface area contributed by atoms with E-state index in [1.807, 2.05) is 19.1 Å². The molecular weight excluding hydrogens is 168 g/mol. The highest BCUT2D eigenvalue weighted by molar-refractivity contribution is 5.76. The number of hydrogen-bond donors (Lipinski definition) is 2. The monoisotopic (exact) mass is 180 g/mol. The van der Waals surface area contributed by atoms with Crippen LogP contribution in [0.5, 0.6) is 0 Å². The average Bonchev–Trinajstić information content (AvgIpc) is 2.04. The molecule has 1 heterocycles. The summed E-state index contributed by atoms with van der Waals surface area (Å²) in [4.78, 5) is 14.6. The van der Waals surface area contributed by atoms with Crippen LogP contribution in [0.4, 0.5) is 5.82 Å². The standard InChI is InChI=1S/C9H12N2O2/c1-6-4-3-5-8(10-6)11-7(2)9(12)13/h3-5,7H,1-2H3,(H,10,11)(H,12,13). The van der Waals surface area contributed by atoms with Crippen LogP contribution in [-0.2, 0) is 4.79 Å². The molecule has 0 aliphatic rings. The third-order valence-corrected chi connectivity index (χ3v) is 1.62. The Kier molecular flexibility index (Phi) is 2.84. The molecule has 0 bridgehead atoms. The second kappa shape index (κ2) is 3.89. The van der Waals surface area contributed by atoms with Crippen molar-refractivity contribution in [3.8, 4) is 0 Å². The summed E-state index contributed by atoms with van der Waals surface area (Å²) in [6.45, 7) is 3.43. The molecule has 0 aliphatic heterocycles. The number of nitrogens with one attached hydrogen (secondary N) is 1. The lowest BCUT2D eigenvalue weighted by atomic mass is 10.3. The highest BCUT2D eigenvalue weighted by Gasteiger charge is 2.09. The van der Waals surface area contributed by atoms with Crippen molar-refractivity contribution in [2.75, 3.05) is 5.32 Å². The van der Waals surface area contributed by atoms with Gasteiger partial charge in [0.1, 0.15) is 11.9 Å². The van der Waals surface area contributed by atoms with Crippen LogP contribution in [0.25, 0.3) is 0 Å². The Labute approximate surface area is 76.6 Å². The molecule has 13 heavy (non-hydrogen) atoms. The second-order valence-electron chi connectivity index (χ2n) is 2.87. The summed E-state index contributed by atoms with van der Waals surface area (Å²) in [5.74, 6) is -0.293. The number of carbonyl (C=O) groups is 1. The normalized spacial score (nSPS) is 12.2. The maximum atomic E-state index is 10.5. The molecule has 1 atom stereocenters. The van der Waals surface area contributed by atoms with Crippen molar-refractivity contribution in [1.29, 1.82) is 0 Å². The number of anilines is 1. The van der Waals surface area contributed by atoms with Gasteiger partial charge in [-0.15, -0.1) is 0 Å². The zero-order valence-electron chi connectivity index (χ0n) is 7.61. The Morgan fingerprint density at radius 1 is 1.62 bits per heavy atom. The van der Waals surface area contributed by atoms with Crippen molar-refractivity contribution in [3.63, 3.8) is 0 Å². The Bertz CT molecular complexity index is 312. The number of nitrogens with zero attached hydrogens (tertiary/aromatic N) is 1. The van der Waals surface area contributed by atoms with Crippen molar-refractivity contribution >= 4 is 11.8 Å². The minimum atomic E-state index is -0.886. The third kappa shape index (κ3) is 2.74. The Morgan fingerprint density at radius 3 is 2.85 bits per heavy atom. The van der Waals surface area contributed by atoms with Gasteiger partial charge < -0.3 is 10.4 Å². The van der Waals surface area contributed by atoms with Gasteiger partial charge in [0.25, 0.3) is 0 Å². The largest absolute Gasteiger partial charge is 0.480 e. The fourth-order valence-corrected chi connectivity index (χ4v) is 0.907. The second-order valence-corrected chi connectivity index (χ2v) is 2.87. The van der Waals surface area contributed by atoms with E-state index in [2.05, 4.69) is 10.3 Å². The van der Waals surface area contributed by atoms with Crippen LogP contribution < -0.4 is 5.32 Å². The first kappa shape index (κ1) is 9.51. The maximum Gasteiger partial charge on any atom is 0.325 e. The van der Waals surface area contributed by atoms with Gasteiger partial charge in [-0.25, -0.2) is 4.98 Å². The highest BCUT2D eigenvalue weighted by atomic mass is 16.4. The first-order chi connectivity index (χ1) is 6.09. The number of aliphatic carboxylic acids is 1. The molecule has 0 aromatic carbocycles. The molecule has 1 aromatic heterocycles. The summed E-state index contributed by atoms with van der Waals surface area (Å²) in [6, 6.07) is 4.82. The topological polar surface area (TPSA) is 62.2 Å². The number of aryl methyl sites for hydroxylation is 1. The van der Waals surface area contributed by atoms with Crippen molar-refractivity contribution in [3.05, 3.63) is 23.9 Å². The maximum absolute atomic E-state index is 10.5. The average molecular weight is 180 g/mol. The molecular formula is C9H12N2O2. The lowest BCUT2D eigenvalue weighted by molar-refractivity contribution is -0.137. The van der Waals surface area contributed by atoms with Crippen molar-refractivity contribution < 1.29 is 9.90 Å². The van der Waals surface area contributed by atoms with Gasteiger partial charge in [0.15, 0.2) is 0 Å². The lowest BCUT2D eigenvalue weighted by Crippen LogP contribution is -2.25. The van der Waals surface area contributed by atoms with Crippen LogP contribution in [0.15, 0.2) is 18.2 Å². The fourth-order valence-electron chi connectivity index (χ4n) is 0.907. The van der Waals surface area contributed by atoms with Gasteiger partial charge in [0, 0.05) is 5.69 Å². The van der Waals surface area contributed by atoms with E-state index in [-0.39, 0.29) is 0 Å². The molecule has 0 amide bonds. The van der Waals surface area contributed by atoms with Crippen LogP contribution in [0.3, 0.4) is 0 Å². The zero-order chi connectivity index (χ0) is 9.84. The van der Waals surface area contributed by atoms with E-state index in [1.54, 1.807) is 13.0 Å². The van der Waals surface area contributed by atoms with Gasteiger partial charge in [0.05, 0.1) is 0 Å². The summed E-state index contributed by atoms with van der Waals surface area (Å²) in [7, 11) is 0. The van der Waals surface area contributed by atoms with E-state index >= 15 is 0 Å². The van der Waals surface area contributed by atoms with Gasteiger partial charge in [-0.05, 0) is 26.0 Å². The lowest BCUT2D eigenvalue weighted by Gasteiger charge is -2.09. The van der Waals surface area contributed by atoms with Crippen LogP contribution in [0, 0.1) is 6.92 Å². The molecule has 2 N–H and O–H groups in total. The Balaban J connectivity index is 2.69. The van der Waals surface area contributed by atoms with E-state index in [0.717, 1.165) is 5.69 Å². The molecule has 1 aromatic rings. The molecule has 0 saturated carbocycles. The first-order valence-corrected chi connectivity index (χ1v) is 4.02. The summed E-state index contributed by atoms with van der Waals surface area (Å²) in [6.07, 6.45) is 0. The molecule has 4 nitrogen and oxygen atoms in total. The predicted octanol–water partition coefficient (Wildman–Crippen LogP) is 1.28.